The first-order valence-corrected chi connectivity index (χ1v) is 5.68. The summed E-state index contributed by atoms with van der Waals surface area (Å²) >= 11 is 7.39. The number of halogens is 1. The van der Waals surface area contributed by atoms with Gasteiger partial charge in [0.15, 0.2) is 0 Å². The number of thioether (sulfide) groups is 1. The Morgan fingerprint density at radius 1 is 1.38 bits per heavy atom. The molecule has 0 aliphatic heterocycles. The lowest BCUT2D eigenvalue weighted by Gasteiger charge is -2.00. The van der Waals surface area contributed by atoms with Gasteiger partial charge in [-0.3, -0.25) is 4.99 Å². The number of rotatable bonds is 2. The van der Waals surface area contributed by atoms with E-state index in [2.05, 4.69) is 11.7 Å². The van der Waals surface area contributed by atoms with Gasteiger partial charge in [0.05, 0.1) is 5.69 Å². The Morgan fingerprint density at radius 2 is 2.00 bits per heavy atom. The molecule has 1 aromatic carbocycles. The maximum atomic E-state index is 5.78. The van der Waals surface area contributed by atoms with Gasteiger partial charge in [0.1, 0.15) is 0 Å². The highest BCUT2D eigenvalue weighted by molar-refractivity contribution is 7.98. The van der Waals surface area contributed by atoms with Gasteiger partial charge in [-0.1, -0.05) is 25.4 Å². The normalized spacial score (nSPS) is 8.62. The number of hydrogen-bond donors (Lipinski definition) is 0. The van der Waals surface area contributed by atoms with Crippen molar-refractivity contribution in [3.63, 3.8) is 0 Å². The molecular formula is C10H14ClNS. The minimum atomic E-state index is 0.738. The fourth-order valence-electron chi connectivity index (χ4n) is 0.782. The van der Waals surface area contributed by atoms with Crippen LogP contribution in [0.1, 0.15) is 13.8 Å². The van der Waals surface area contributed by atoms with Gasteiger partial charge in [-0.25, -0.2) is 0 Å². The molecule has 0 aliphatic carbocycles. The number of hydrogen-bond acceptors (Lipinski definition) is 2. The molecule has 0 fully saturated rings. The summed E-state index contributed by atoms with van der Waals surface area (Å²) in [5.41, 5.74) is 0.891. The van der Waals surface area contributed by atoms with Gasteiger partial charge in [-0.2, -0.15) is 0 Å². The van der Waals surface area contributed by atoms with Crippen LogP contribution in [0.5, 0.6) is 0 Å². The molecule has 0 saturated heterocycles. The molecule has 0 bridgehead atoms. The van der Waals surface area contributed by atoms with Gasteiger partial charge in [0, 0.05) is 9.92 Å². The Balaban J connectivity index is 0.000000671. The molecule has 0 atom stereocenters. The van der Waals surface area contributed by atoms with E-state index >= 15 is 0 Å². The Kier molecular flexibility index (Phi) is 6.73. The molecule has 1 rings (SSSR count). The summed E-state index contributed by atoms with van der Waals surface area (Å²) in [7, 11) is 0. The van der Waals surface area contributed by atoms with Gasteiger partial charge in [-0.05, 0) is 31.2 Å². The van der Waals surface area contributed by atoms with Crippen molar-refractivity contribution < 1.29 is 0 Å². The zero-order chi connectivity index (χ0) is 10.3. The van der Waals surface area contributed by atoms with E-state index in [0.717, 1.165) is 15.6 Å². The predicted octanol–water partition coefficient (Wildman–Crippen LogP) is 4.42. The number of benzene rings is 1. The van der Waals surface area contributed by atoms with Crippen LogP contribution in [0.15, 0.2) is 28.1 Å². The van der Waals surface area contributed by atoms with Crippen LogP contribution >= 0.6 is 23.4 Å². The van der Waals surface area contributed by atoms with Crippen LogP contribution in [0.2, 0.25) is 5.02 Å². The van der Waals surface area contributed by atoms with Gasteiger partial charge in [0.25, 0.3) is 0 Å². The lowest BCUT2D eigenvalue weighted by Crippen LogP contribution is -1.71. The van der Waals surface area contributed by atoms with E-state index in [9.17, 15) is 0 Å². The summed E-state index contributed by atoms with van der Waals surface area (Å²) in [6, 6.07) is 5.56. The third kappa shape index (κ3) is 3.83. The minimum absolute atomic E-state index is 0.738. The van der Waals surface area contributed by atoms with E-state index in [-0.39, 0.29) is 0 Å². The van der Waals surface area contributed by atoms with Crippen LogP contribution in [0.25, 0.3) is 0 Å². The molecule has 0 amide bonds. The van der Waals surface area contributed by atoms with Crippen LogP contribution in [0.4, 0.5) is 5.69 Å². The quantitative estimate of drug-likeness (QED) is 0.526. The van der Waals surface area contributed by atoms with Gasteiger partial charge in [-0.15, -0.1) is 11.8 Å². The monoisotopic (exact) mass is 215 g/mol. The lowest BCUT2D eigenvalue weighted by molar-refractivity contribution is 1.39. The van der Waals surface area contributed by atoms with Gasteiger partial charge in [0.2, 0.25) is 0 Å². The molecule has 3 heteroatoms. The largest absolute Gasteiger partial charge is 0.263 e. The van der Waals surface area contributed by atoms with Crippen molar-refractivity contribution in [2.24, 2.45) is 4.99 Å². The molecular weight excluding hydrogens is 202 g/mol. The molecule has 0 N–H and O–H groups in total. The molecule has 0 unspecified atom stereocenters. The van der Waals surface area contributed by atoms with Crippen molar-refractivity contribution in [2.75, 3.05) is 6.26 Å². The van der Waals surface area contributed by atoms with Gasteiger partial charge >= 0.3 is 0 Å². The first kappa shape index (κ1) is 12.5. The maximum absolute atomic E-state index is 5.78. The average Bonchev–Trinajstić information content (AvgIpc) is 2.20. The van der Waals surface area contributed by atoms with E-state index in [4.69, 9.17) is 11.6 Å². The zero-order valence-corrected chi connectivity index (χ0v) is 9.75. The summed E-state index contributed by atoms with van der Waals surface area (Å²) in [5.74, 6) is 0. The fraction of sp³-hybridized carbons (Fsp3) is 0.300. The summed E-state index contributed by atoms with van der Waals surface area (Å²) in [6.45, 7) is 7.46. The summed E-state index contributed by atoms with van der Waals surface area (Å²) in [6.07, 6.45) is 1.99. The molecule has 0 radical (unpaired) electrons. The van der Waals surface area contributed by atoms with Crippen LogP contribution in [0, 0.1) is 0 Å². The van der Waals surface area contributed by atoms with Crippen molar-refractivity contribution in [2.45, 2.75) is 18.7 Å². The third-order valence-corrected chi connectivity index (χ3v) is 2.31. The topological polar surface area (TPSA) is 12.4 Å². The molecule has 1 aromatic rings. The zero-order valence-electron chi connectivity index (χ0n) is 8.17. The van der Waals surface area contributed by atoms with E-state index in [0.29, 0.717) is 0 Å². The average molecular weight is 216 g/mol. The van der Waals surface area contributed by atoms with Crippen molar-refractivity contribution in [3.05, 3.63) is 23.2 Å². The highest BCUT2D eigenvalue weighted by Crippen LogP contribution is 2.29. The Hall–Kier alpha value is -0.470. The second-order valence-electron chi connectivity index (χ2n) is 1.97. The number of aliphatic imine (C=N–C) groups is 1. The van der Waals surface area contributed by atoms with Crippen LogP contribution in [-0.2, 0) is 0 Å². The van der Waals surface area contributed by atoms with Gasteiger partial charge < -0.3 is 0 Å². The van der Waals surface area contributed by atoms with Crippen molar-refractivity contribution in [1.29, 1.82) is 0 Å². The third-order valence-electron chi connectivity index (χ3n) is 1.31. The summed E-state index contributed by atoms with van der Waals surface area (Å²) in [4.78, 5) is 4.92. The minimum Gasteiger partial charge on any atom is -0.263 e. The Bertz CT molecular complexity index is 274. The van der Waals surface area contributed by atoms with Crippen LogP contribution in [-0.4, -0.2) is 13.0 Å². The molecule has 13 heavy (non-hydrogen) atoms. The Labute approximate surface area is 89.2 Å². The van der Waals surface area contributed by atoms with E-state index in [1.807, 2.05) is 38.3 Å². The van der Waals surface area contributed by atoms with Crippen LogP contribution in [0.3, 0.4) is 0 Å². The Morgan fingerprint density at radius 3 is 2.46 bits per heavy atom. The van der Waals surface area contributed by atoms with Crippen molar-refractivity contribution in [1.82, 2.24) is 0 Å². The smallest absolute Gasteiger partial charge is 0.0759 e. The van der Waals surface area contributed by atoms with Crippen LogP contribution < -0.4 is 0 Å². The molecule has 0 aromatic heterocycles. The molecule has 0 saturated carbocycles. The summed E-state index contributed by atoms with van der Waals surface area (Å²) in [5, 5.41) is 0.738. The number of nitrogens with zero attached hydrogens (tertiary/aromatic N) is 1. The molecule has 0 heterocycles. The second kappa shape index (κ2) is 6.98. The molecule has 0 spiro atoms. The molecule has 0 aliphatic rings. The lowest BCUT2D eigenvalue weighted by atomic mass is 10.3. The molecule has 72 valence electrons. The van der Waals surface area contributed by atoms with E-state index in [1.165, 1.54) is 0 Å². The second-order valence-corrected chi connectivity index (χ2v) is 3.26. The first-order valence-electron chi connectivity index (χ1n) is 4.08. The van der Waals surface area contributed by atoms with E-state index < -0.39 is 0 Å². The predicted molar refractivity (Wildman–Crippen MR) is 63.8 cm³/mol. The maximum Gasteiger partial charge on any atom is 0.0759 e. The fourth-order valence-corrected chi connectivity index (χ4v) is 1.61. The molecule has 1 nitrogen and oxygen atoms in total. The highest BCUT2D eigenvalue weighted by atomic mass is 35.5. The van der Waals surface area contributed by atoms with E-state index in [1.54, 1.807) is 11.8 Å². The van der Waals surface area contributed by atoms with Crippen molar-refractivity contribution >= 4 is 35.8 Å². The summed E-state index contributed by atoms with van der Waals surface area (Å²) < 4.78 is 0. The highest BCUT2D eigenvalue weighted by Gasteiger charge is 1.98. The SMILES string of the molecule is C=Nc1ccc(Cl)cc1SC.CC. The standard InChI is InChI=1S/C8H8ClNS.C2H6/c1-10-7-4-3-6(9)5-8(7)11-2;1-2/h3-5H,1H2,2H3;1-2H3. The van der Waals surface area contributed by atoms with Crippen molar-refractivity contribution in [3.8, 4) is 0 Å². The first-order chi connectivity index (χ1) is 6.27.